The Hall–Kier alpha value is -2.58. The number of amides is 1. The number of hydrogen-bond donors (Lipinski definition) is 3. The smallest absolute Gasteiger partial charge is 0.394 e. The fraction of sp³-hybridized carbons (Fsp3) is 0.0909. The van der Waals surface area contributed by atoms with Crippen molar-refractivity contribution in [2.45, 2.75) is 6.18 Å². The van der Waals surface area contributed by atoms with Crippen LogP contribution in [-0.4, -0.2) is 16.1 Å². The minimum Gasteiger partial charge on any atom is -0.394 e. The fourth-order valence-corrected chi connectivity index (χ4v) is 1.47. The molecule has 20 heavy (non-hydrogen) atoms. The molecule has 9 heteroatoms. The number of aromatic amines is 1. The minimum absolute atomic E-state index is 0.0490. The van der Waals surface area contributed by atoms with Crippen LogP contribution in [0, 0.1) is 5.82 Å². The molecule has 2 aromatic rings. The summed E-state index contributed by atoms with van der Waals surface area (Å²) in [4.78, 5) is 11.8. The summed E-state index contributed by atoms with van der Waals surface area (Å²) in [6, 6.07) is 1.94. The van der Waals surface area contributed by atoms with Crippen LogP contribution >= 0.6 is 0 Å². The van der Waals surface area contributed by atoms with Gasteiger partial charge in [0.05, 0.1) is 17.4 Å². The first-order chi connectivity index (χ1) is 9.29. The second-order valence-corrected chi connectivity index (χ2v) is 3.85. The number of halogens is 4. The minimum atomic E-state index is -4.88. The Kier molecular flexibility index (Phi) is 3.35. The molecule has 0 unspecified atom stereocenters. The largest absolute Gasteiger partial charge is 0.419 e. The Labute approximate surface area is 109 Å². The average Bonchev–Trinajstić information content (AvgIpc) is 2.74. The van der Waals surface area contributed by atoms with Gasteiger partial charge in [-0.05, 0) is 18.2 Å². The third kappa shape index (κ3) is 2.71. The summed E-state index contributed by atoms with van der Waals surface area (Å²) in [5.41, 5.74) is 3.70. The van der Waals surface area contributed by atoms with Crippen LogP contribution in [0.25, 0.3) is 0 Å². The van der Waals surface area contributed by atoms with Gasteiger partial charge in [0.25, 0.3) is 5.91 Å². The zero-order valence-electron chi connectivity index (χ0n) is 9.75. The van der Waals surface area contributed by atoms with Crippen LogP contribution in [-0.2, 0) is 6.18 Å². The van der Waals surface area contributed by atoms with Crippen molar-refractivity contribution < 1.29 is 22.4 Å². The normalized spacial score (nSPS) is 11.4. The van der Waals surface area contributed by atoms with Gasteiger partial charge in [-0.3, -0.25) is 9.89 Å². The molecule has 4 N–H and O–H groups in total. The highest BCUT2D eigenvalue weighted by molar-refractivity contribution is 6.05. The van der Waals surface area contributed by atoms with Gasteiger partial charge in [0.2, 0.25) is 0 Å². The fourth-order valence-electron chi connectivity index (χ4n) is 1.47. The van der Waals surface area contributed by atoms with Crippen LogP contribution in [0.2, 0.25) is 0 Å². The molecule has 0 saturated carbocycles. The summed E-state index contributed by atoms with van der Waals surface area (Å²) >= 11 is 0. The van der Waals surface area contributed by atoms with E-state index in [1.165, 1.54) is 6.20 Å². The molecule has 0 aliphatic carbocycles. The van der Waals surface area contributed by atoms with E-state index in [4.69, 9.17) is 5.73 Å². The summed E-state index contributed by atoms with van der Waals surface area (Å²) in [6.07, 6.45) is -3.66. The first-order valence-electron chi connectivity index (χ1n) is 5.26. The Bertz CT molecular complexity index is 650. The highest BCUT2D eigenvalue weighted by Gasteiger charge is 2.34. The van der Waals surface area contributed by atoms with Crippen molar-refractivity contribution in [3.05, 3.63) is 41.3 Å². The molecule has 0 fully saturated rings. The molecule has 0 spiro atoms. The lowest BCUT2D eigenvalue weighted by Gasteiger charge is -2.10. The zero-order chi connectivity index (χ0) is 14.9. The number of nitrogens with two attached hydrogens (primary N) is 1. The number of benzene rings is 1. The number of carbonyl (C=O) groups is 1. The Morgan fingerprint density at radius 1 is 1.35 bits per heavy atom. The molecule has 0 aliphatic heterocycles. The molecule has 0 radical (unpaired) electrons. The van der Waals surface area contributed by atoms with Crippen LogP contribution in [0.15, 0.2) is 24.4 Å². The molecule has 0 bridgehead atoms. The second kappa shape index (κ2) is 4.83. The van der Waals surface area contributed by atoms with Crippen LogP contribution in [0.1, 0.15) is 15.9 Å². The summed E-state index contributed by atoms with van der Waals surface area (Å²) in [5, 5.41) is 8.13. The number of rotatable bonds is 2. The van der Waals surface area contributed by atoms with Gasteiger partial charge < -0.3 is 11.1 Å². The number of nitrogens with zero attached hydrogens (tertiary/aromatic N) is 1. The maximum atomic E-state index is 13.1. The van der Waals surface area contributed by atoms with Gasteiger partial charge in [-0.1, -0.05) is 0 Å². The molecule has 0 aliphatic rings. The third-order valence-corrected chi connectivity index (χ3v) is 2.44. The monoisotopic (exact) mass is 288 g/mol. The number of nitrogen functional groups attached to an aromatic ring is 1. The van der Waals surface area contributed by atoms with E-state index in [9.17, 15) is 22.4 Å². The van der Waals surface area contributed by atoms with E-state index in [1.807, 2.05) is 0 Å². The average molecular weight is 288 g/mol. The number of anilines is 2. The Morgan fingerprint density at radius 2 is 2.05 bits per heavy atom. The summed E-state index contributed by atoms with van der Waals surface area (Å²) < 4.78 is 50.7. The highest BCUT2D eigenvalue weighted by atomic mass is 19.4. The predicted octanol–water partition coefficient (Wildman–Crippen LogP) is 2.40. The van der Waals surface area contributed by atoms with Crippen molar-refractivity contribution in [1.82, 2.24) is 10.2 Å². The molecule has 1 amide bonds. The molecule has 1 heterocycles. The molecule has 106 valence electrons. The van der Waals surface area contributed by atoms with Gasteiger partial charge in [-0.2, -0.15) is 18.3 Å². The second-order valence-electron chi connectivity index (χ2n) is 3.85. The molecular weight excluding hydrogens is 280 g/mol. The lowest BCUT2D eigenvalue weighted by atomic mass is 10.1. The van der Waals surface area contributed by atoms with Crippen molar-refractivity contribution in [1.29, 1.82) is 0 Å². The molecule has 0 saturated heterocycles. The summed E-state index contributed by atoms with van der Waals surface area (Å²) in [7, 11) is 0. The van der Waals surface area contributed by atoms with Crippen molar-refractivity contribution in [3.8, 4) is 0 Å². The van der Waals surface area contributed by atoms with Gasteiger partial charge in [-0.25, -0.2) is 4.39 Å². The van der Waals surface area contributed by atoms with Gasteiger partial charge in [0.15, 0.2) is 5.82 Å². The SMILES string of the molecule is Nc1cn[nH]c1NC(=O)c1ccc(F)c(C(F)(F)F)c1. The van der Waals surface area contributed by atoms with Crippen LogP contribution in [0.3, 0.4) is 0 Å². The van der Waals surface area contributed by atoms with Crippen molar-refractivity contribution >= 4 is 17.4 Å². The van der Waals surface area contributed by atoms with Crippen LogP contribution in [0.5, 0.6) is 0 Å². The standard InChI is InChI=1S/C11H8F4N4O/c12-7-2-1-5(3-6(7)11(13,14)15)10(20)18-9-8(16)4-17-19-9/h1-4H,16H2,(H2,17,18,19,20). The molecule has 5 nitrogen and oxygen atoms in total. The molecule has 0 atom stereocenters. The predicted molar refractivity (Wildman–Crippen MR) is 62.4 cm³/mol. The number of alkyl halides is 3. The number of H-pyrrole nitrogens is 1. The Morgan fingerprint density at radius 3 is 2.60 bits per heavy atom. The van der Waals surface area contributed by atoms with Gasteiger partial charge in [0, 0.05) is 5.56 Å². The van der Waals surface area contributed by atoms with E-state index in [0.717, 1.165) is 6.07 Å². The van der Waals surface area contributed by atoms with E-state index in [1.54, 1.807) is 0 Å². The number of aromatic nitrogens is 2. The maximum Gasteiger partial charge on any atom is 0.419 e. The van der Waals surface area contributed by atoms with E-state index < -0.39 is 23.5 Å². The highest BCUT2D eigenvalue weighted by Crippen LogP contribution is 2.32. The Balaban J connectivity index is 2.29. The molecule has 2 rings (SSSR count). The van der Waals surface area contributed by atoms with Gasteiger partial charge in [0.1, 0.15) is 5.82 Å². The van der Waals surface area contributed by atoms with Crippen molar-refractivity contribution in [2.75, 3.05) is 11.1 Å². The lowest BCUT2D eigenvalue weighted by Crippen LogP contribution is -2.16. The summed E-state index contributed by atoms with van der Waals surface area (Å²) in [5.74, 6) is -2.27. The number of hydrogen-bond acceptors (Lipinski definition) is 3. The van der Waals surface area contributed by atoms with E-state index in [0.29, 0.717) is 12.1 Å². The van der Waals surface area contributed by atoms with Crippen LogP contribution in [0.4, 0.5) is 29.1 Å². The van der Waals surface area contributed by atoms with E-state index >= 15 is 0 Å². The molecule has 1 aromatic carbocycles. The van der Waals surface area contributed by atoms with E-state index in [2.05, 4.69) is 15.5 Å². The topological polar surface area (TPSA) is 83.8 Å². The maximum absolute atomic E-state index is 13.1. The molecule has 1 aromatic heterocycles. The molecular formula is C11H8F4N4O. The number of carbonyl (C=O) groups excluding carboxylic acids is 1. The third-order valence-electron chi connectivity index (χ3n) is 2.44. The zero-order valence-corrected chi connectivity index (χ0v) is 9.75. The van der Waals surface area contributed by atoms with Crippen molar-refractivity contribution in [3.63, 3.8) is 0 Å². The van der Waals surface area contributed by atoms with Gasteiger partial charge >= 0.3 is 6.18 Å². The first-order valence-corrected chi connectivity index (χ1v) is 5.26. The number of nitrogens with one attached hydrogen (secondary N) is 2. The van der Waals surface area contributed by atoms with E-state index in [-0.39, 0.29) is 17.1 Å². The summed E-state index contributed by atoms with van der Waals surface area (Å²) in [6.45, 7) is 0. The van der Waals surface area contributed by atoms with Crippen molar-refractivity contribution in [2.24, 2.45) is 0 Å². The quantitative estimate of drug-likeness (QED) is 0.742. The van der Waals surface area contributed by atoms with Crippen LogP contribution < -0.4 is 11.1 Å². The van der Waals surface area contributed by atoms with Gasteiger partial charge in [-0.15, -0.1) is 0 Å². The first kappa shape index (κ1) is 13.8. The lowest BCUT2D eigenvalue weighted by molar-refractivity contribution is -0.140.